The normalized spacial score (nSPS) is 13.9. The molecular formula is C75H146O17P2. The van der Waals surface area contributed by atoms with Gasteiger partial charge in [0.25, 0.3) is 0 Å². The van der Waals surface area contributed by atoms with Gasteiger partial charge in [0, 0.05) is 25.7 Å². The van der Waals surface area contributed by atoms with Crippen LogP contribution in [0.2, 0.25) is 0 Å². The molecule has 3 N–H and O–H groups in total. The van der Waals surface area contributed by atoms with Gasteiger partial charge < -0.3 is 33.8 Å². The molecule has 19 heteroatoms. The summed E-state index contributed by atoms with van der Waals surface area (Å²) in [7, 11) is -9.90. The monoisotopic (exact) mass is 1380 g/mol. The zero-order chi connectivity index (χ0) is 69.0. The second-order valence-electron chi connectivity index (χ2n) is 27.0. The summed E-state index contributed by atoms with van der Waals surface area (Å²) in [5.74, 6) is -2.11. The first-order chi connectivity index (χ1) is 45.7. The Morgan fingerprint density at radius 2 is 0.426 bits per heavy atom. The van der Waals surface area contributed by atoms with Crippen molar-refractivity contribution < 1.29 is 80.2 Å². The maximum Gasteiger partial charge on any atom is 0.472 e. The Labute approximate surface area is 575 Å². The van der Waals surface area contributed by atoms with Crippen molar-refractivity contribution in [1.82, 2.24) is 0 Å². The fourth-order valence-electron chi connectivity index (χ4n) is 11.6. The standard InChI is InChI=1S/C75H146O17P2/c1-5-9-13-17-21-25-29-31-33-34-35-36-38-42-46-50-54-58-62-75(80)92-71(66-86-73(78)60-56-52-48-44-41-37-32-30-26-22-18-14-10-6-2)68-90-94(83,84)88-64-69(76)63-87-93(81,82)89-67-70(91-74(79)61-57-53-49-45-40-28-24-20-16-12-8-4)65-85-72(77)59-55-51-47-43-39-27-23-19-15-11-7-3/h69-71,76H,5-68H2,1-4H3,(H,81,82)(H,83,84)/t69-,70+,71+/m0/s1. The summed E-state index contributed by atoms with van der Waals surface area (Å²) in [5.41, 5.74) is 0. The van der Waals surface area contributed by atoms with Crippen LogP contribution in [0, 0.1) is 0 Å². The van der Waals surface area contributed by atoms with Gasteiger partial charge in [0.1, 0.15) is 19.3 Å². The van der Waals surface area contributed by atoms with E-state index in [0.29, 0.717) is 25.7 Å². The van der Waals surface area contributed by atoms with Crippen molar-refractivity contribution in [3.8, 4) is 0 Å². The molecule has 0 aromatic rings. The number of aliphatic hydroxyl groups is 1. The summed E-state index contributed by atoms with van der Waals surface area (Å²) in [5, 5.41) is 10.6. The van der Waals surface area contributed by atoms with E-state index in [0.717, 1.165) is 89.9 Å². The molecule has 0 aliphatic rings. The SMILES string of the molecule is CCCCCCCCCCCCCCCCCCCCC(=O)O[C@H](COC(=O)CCCCCCCCCCCCCCCC)COP(=O)(O)OC[C@@H](O)COP(=O)(O)OC[C@@H](COC(=O)CCCCCCCCCCCCC)OC(=O)CCCCCCCCCCCCC. The number of phosphoric ester groups is 2. The number of hydrogen-bond acceptors (Lipinski definition) is 15. The summed E-state index contributed by atoms with van der Waals surface area (Å²) < 4.78 is 68.5. The smallest absolute Gasteiger partial charge is 0.462 e. The fourth-order valence-corrected chi connectivity index (χ4v) is 13.2. The van der Waals surface area contributed by atoms with Crippen LogP contribution in [0.3, 0.4) is 0 Å². The second kappa shape index (κ2) is 69.5. The lowest BCUT2D eigenvalue weighted by Crippen LogP contribution is -2.30. The molecule has 0 saturated carbocycles. The summed E-state index contributed by atoms with van der Waals surface area (Å²) >= 11 is 0. The Balaban J connectivity index is 5.23. The van der Waals surface area contributed by atoms with Crippen molar-refractivity contribution in [2.45, 2.75) is 418 Å². The van der Waals surface area contributed by atoms with E-state index in [1.165, 1.54) is 231 Å². The zero-order valence-corrected chi connectivity index (χ0v) is 62.7. The molecule has 2 unspecified atom stereocenters. The van der Waals surface area contributed by atoms with Crippen LogP contribution in [0.4, 0.5) is 0 Å². The molecule has 0 aromatic heterocycles. The van der Waals surface area contributed by atoms with Crippen molar-refractivity contribution >= 4 is 39.5 Å². The Bertz CT molecular complexity index is 1790. The Morgan fingerprint density at radius 3 is 0.628 bits per heavy atom. The summed E-state index contributed by atoms with van der Waals surface area (Å²) in [4.78, 5) is 72.7. The molecule has 17 nitrogen and oxygen atoms in total. The van der Waals surface area contributed by atoms with E-state index in [1.54, 1.807) is 0 Å². The third-order valence-electron chi connectivity index (χ3n) is 17.6. The third kappa shape index (κ3) is 68.6. The Hall–Kier alpha value is -1.94. The van der Waals surface area contributed by atoms with Gasteiger partial charge in [0.2, 0.25) is 0 Å². The number of phosphoric acid groups is 2. The molecule has 0 aromatic carbocycles. The van der Waals surface area contributed by atoms with Crippen molar-refractivity contribution in [1.29, 1.82) is 0 Å². The summed E-state index contributed by atoms with van der Waals surface area (Å²) in [6, 6.07) is 0. The minimum atomic E-state index is -4.95. The van der Waals surface area contributed by atoms with Crippen LogP contribution in [0.5, 0.6) is 0 Å². The largest absolute Gasteiger partial charge is 0.472 e. The lowest BCUT2D eigenvalue weighted by Gasteiger charge is -2.21. The van der Waals surface area contributed by atoms with Crippen LogP contribution in [-0.2, 0) is 65.4 Å². The van der Waals surface area contributed by atoms with Gasteiger partial charge in [-0.15, -0.1) is 0 Å². The average molecular weight is 1380 g/mol. The van der Waals surface area contributed by atoms with Crippen LogP contribution in [0.25, 0.3) is 0 Å². The van der Waals surface area contributed by atoms with Crippen LogP contribution in [0.1, 0.15) is 400 Å². The topological polar surface area (TPSA) is 237 Å². The number of rotatable bonds is 76. The van der Waals surface area contributed by atoms with Gasteiger partial charge in [-0.3, -0.25) is 37.3 Å². The van der Waals surface area contributed by atoms with E-state index >= 15 is 0 Å². The molecule has 0 radical (unpaired) electrons. The molecule has 0 bridgehead atoms. The predicted octanol–water partition coefficient (Wildman–Crippen LogP) is 22.2. The van der Waals surface area contributed by atoms with Gasteiger partial charge in [-0.25, -0.2) is 9.13 Å². The Kier molecular flexibility index (Phi) is 68.1. The molecule has 5 atom stereocenters. The Morgan fingerprint density at radius 1 is 0.255 bits per heavy atom. The predicted molar refractivity (Wildman–Crippen MR) is 382 cm³/mol. The highest BCUT2D eigenvalue weighted by atomic mass is 31.2. The summed E-state index contributed by atoms with van der Waals surface area (Å²) in [6.07, 6.45) is 59.5. The molecule has 0 aliphatic heterocycles. The summed E-state index contributed by atoms with van der Waals surface area (Å²) in [6.45, 7) is 4.98. The van der Waals surface area contributed by atoms with Gasteiger partial charge in [-0.2, -0.15) is 0 Å². The van der Waals surface area contributed by atoms with Gasteiger partial charge in [0.15, 0.2) is 12.2 Å². The maximum atomic E-state index is 13.1. The molecule has 0 amide bonds. The quantitative estimate of drug-likeness (QED) is 0.0222. The highest BCUT2D eigenvalue weighted by molar-refractivity contribution is 7.47. The van der Waals surface area contributed by atoms with Crippen LogP contribution in [-0.4, -0.2) is 96.7 Å². The van der Waals surface area contributed by atoms with E-state index in [-0.39, 0.29) is 25.7 Å². The van der Waals surface area contributed by atoms with E-state index in [2.05, 4.69) is 27.7 Å². The minimum Gasteiger partial charge on any atom is -0.462 e. The number of hydrogen-bond donors (Lipinski definition) is 3. The first-order valence-corrected chi connectivity index (χ1v) is 42.3. The molecular weight excluding hydrogens is 1230 g/mol. The molecule has 0 fully saturated rings. The molecule has 0 heterocycles. The maximum absolute atomic E-state index is 13.1. The number of aliphatic hydroxyl groups excluding tert-OH is 1. The lowest BCUT2D eigenvalue weighted by atomic mass is 10.0. The molecule has 0 spiro atoms. The highest BCUT2D eigenvalue weighted by Gasteiger charge is 2.30. The minimum absolute atomic E-state index is 0.108. The van der Waals surface area contributed by atoms with Crippen molar-refractivity contribution in [2.75, 3.05) is 39.6 Å². The van der Waals surface area contributed by atoms with Gasteiger partial charge in [0.05, 0.1) is 26.4 Å². The van der Waals surface area contributed by atoms with E-state index in [4.69, 9.17) is 37.0 Å². The van der Waals surface area contributed by atoms with Crippen LogP contribution < -0.4 is 0 Å². The molecule has 0 rings (SSSR count). The van der Waals surface area contributed by atoms with Gasteiger partial charge in [-0.05, 0) is 25.7 Å². The van der Waals surface area contributed by atoms with Crippen molar-refractivity contribution in [3.63, 3.8) is 0 Å². The third-order valence-corrected chi connectivity index (χ3v) is 19.5. The van der Waals surface area contributed by atoms with Gasteiger partial charge in [-0.1, -0.05) is 349 Å². The molecule has 94 heavy (non-hydrogen) atoms. The molecule has 0 aliphatic carbocycles. The van der Waals surface area contributed by atoms with Crippen LogP contribution >= 0.6 is 15.6 Å². The number of unbranched alkanes of at least 4 members (excludes halogenated alkanes) is 50. The number of ether oxygens (including phenoxy) is 4. The van der Waals surface area contributed by atoms with E-state index in [9.17, 15) is 43.2 Å². The second-order valence-corrected chi connectivity index (χ2v) is 29.9. The van der Waals surface area contributed by atoms with Crippen molar-refractivity contribution in [2.24, 2.45) is 0 Å². The fraction of sp³-hybridized carbons (Fsp3) is 0.947. The number of esters is 4. The zero-order valence-electron chi connectivity index (χ0n) is 60.9. The average Bonchev–Trinajstić information content (AvgIpc) is 1.25. The number of carbonyl (C=O) groups excluding carboxylic acids is 4. The van der Waals surface area contributed by atoms with Crippen LogP contribution in [0.15, 0.2) is 0 Å². The molecule has 0 saturated heterocycles. The molecule has 558 valence electrons. The van der Waals surface area contributed by atoms with Crippen molar-refractivity contribution in [3.05, 3.63) is 0 Å². The first-order valence-electron chi connectivity index (χ1n) is 39.3. The first kappa shape index (κ1) is 92.1. The van der Waals surface area contributed by atoms with E-state index in [1.807, 2.05) is 0 Å². The highest BCUT2D eigenvalue weighted by Crippen LogP contribution is 2.45. The lowest BCUT2D eigenvalue weighted by molar-refractivity contribution is -0.161. The number of carbonyl (C=O) groups is 4. The van der Waals surface area contributed by atoms with E-state index < -0.39 is 97.5 Å². The van der Waals surface area contributed by atoms with Gasteiger partial charge >= 0.3 is 39.5 Å².